The minimum atomic E-state index is -0.157. The van der Waals surface area contributed by atoms with Gasteiger partial charge >= 0.3 is 5.97 Å². The maximum atomic E-state index is 11.5. The summed E-state index contributed by atoms with van der Waals surface area (Å²) in [6, 6.07) is 0. The zero-order valence-electron chi connectivity index (χ0n) is 9.55. The lowest BCUT2D eigenvalue weighted by molar-refractivity contribution is -0.149. The predicted octanol–water partition coefficient (Wildman–Crippen LogP) is 3.38. The number of rotatable bonds is 4. The van der Waals surface area contributed by atoms with Crippen LogP contribution in [-0.2, 0) is 9.53 Å². The molecule has 0 amide bonds. The second-order valence-electron chi connectivity index (χ2n) is 4.31. The Balaban J connectivity index is 2.28. The van der Waals surface area contributed by atoms with Gasteiger partial charge in [-0.25, -0.2) is 0 Å². The average Bonchev–Trinajstić information content (AvgIpc) is 2.18. The Morgan fingerprint density at radius 1 is 1.27 bits per heavy atom. The largest absolute Gasteiger partial charge is 0.462 e. The zero-order valence-corrected chi connectivity index (χ0v) is 9.55. The summed E-state index contributed by atoms with van der Waals surface area (Å²) in [6.07, 6.45) is 6.09. The highest BCUT2D eigenvalue weighted by molar-refractivity contribution is 5.73. The van der Waals surface area contributed by atoms with Crippen molar-refractivity contribution in [2.75, 3.05) is 0 Å². The Morgan fingerprint density at radius 2 is 1.87 bits per heavy atom. The number of carbonyl (C=O) groups is 1. The van der Waals surface area contributed by atoms with Crippen LogP contribution in [-0.4, -0.2) is 12.1 Å². The molecule has 2 heteroatoms. The fourth-order valence-electron chi connectivity index (χ4n) is 1.74. The summed E-state index contributed by atoms with van der Waals surface area (Å²) < 4.78 is 5.37. The van der Waals surface area contributed by atoms with Crippen LogP contribution in [0.5, 0.6) is 0 Å². The SMILES string of the molecule is C=C(C)C(=C)CC(=O)OC1CCCCC1. The first-order valence-corrected chi connectivity index (χ1v) is 5.62. The van der Waals surface area contributed by atoms with E-state index in [1.165, 1.54) is 19.3 Å². The second-order valence-corrected chi connectivity index (χ2v) is 4.31. The van der Waals surface area contributed by atoms with Crippen LogP contribution >= 0.6 is 0 Å². The summed E-state index contributed by atoms with van der Waals surface area (Å²) in [5.74, 6) is -0.157. The first-order valence-electron chi connectivity index (χ1n) is 5.62. The molecule has 1 fully saturated rings. The molecular formula is C13H20O2. The fourth-order valence-corrected chi connectivity index (χ4v) is 1.74. The maximum Gasteiger partial charge on any atom is 0.310 e. The Bertz CT molecular complexity index is 260. The first kappa shape index (κ1) is 12.0. The van der Waals surface area contributed by atoms with E-state index in [0.717, 1.165) is 24.0 Å². The number of hydrogen-bond donors (Lipinski definition) is 0. The molecular weight excluding hydrogens is 188 g/mol. The molecule has 0 bridgehead atoms. The third-order valence-corrected chi connectivity index (χ3v) is 2.81. The van der Waals surface area contributed by atoms with Crippen LogP contribution in [0.15, 0.2) is 24.3 Å². The third-order valence-electron chi connectivity index (χ3n) is 2.81. The maximum absolute atomic E-state index is 11.5. The zero-order chi connectivity index (χ0) is 11.3. The van der Waals surface area contributed by atoms with Crippen LogP contribution in [0, 0.1) is 0 Å². The molecule has 0 atom stereocenters. The molecule has 0 radical (unpaired) electrons. The van der Waals surface area contributed by atoms with Crippen molar-refractivity contribution in [2.45, 2.75) is 51.6 Å². The van der Waals surface area contributed by atoms with Gasteiger partial charge in [-0.15, -0.1) is 0 Å². The van der Waals surface area contributed by atoms with Crippen molar-refractivity contribution in [1.82, 2.24) is 0 Å². The van der Waals surface area contributed by atoms with Crippen LogP contribution in [0.4, 0.5) is 0 Å². The van der Waals surface area contributed by atoms with E-state index in [2.05, 4.69) is 13.2 Å². The van der Waals surface area contributed by atoms with Gasteiger partial charge in [-0.2, -0.15) is 0 Å². The highest BCUT2D eigenvalue weighted by Crippen LogP contribution is 2.21. The van der Waals surface area contributed by atoms with Gasteiger partial charge in [0, 0.05) is 0 Å². The van der Waals surface area contributed by atoms with Crippen molar-refractivity contribution in [1.29, 1.82) is 0 Å². The van der Waals surface area contributed by atoms with Crippen molar-refractivity contribution in [2.24, 2.45) is 0 Å². The van der Waals surface area contributed by atoms with Crippen molar-refractivity contribution < 1.29 is 9.53 Å². The molecule has 1 aliphatic rings. The minimum Gasteiger partial charge on any atom is -0.462 e. The lowest BCUT2D eigenvalue weighted by Gasteiger charge is -2.22. The Kier molecular flexibility index (Phi) is 4.60. The molecule has 15 heavy (non-hydrogen) atoms. The van der Waals surface area contributed by atoms with Gasteiger partial charge in [0.05, 0.1) is 6.42 Å². The summed E-state index contributed by atoms with van der Waals surface area (Å²) in [5.41, 5.74) is 1.63. The topological polar surface area (TPSA) is 26.3 Å². The van der Waals surface area contributed by atoms with E-state index in [-0.39, 0.29) is 18.5 Å². The number of esters is 1. The summed E-state index contributed by atoms with van der Waals surface area (Å²) >= 11 is 0. The molecule has 0 spiro atoms. The Labute approximate surface area is 92.0 Å². The molecule has 0 unspecified atom stereocenters. The van der Waals surface area contributed by atoms with Gasteiger partial charge < -0.3 is 4.74 Å². The van der Waals surface area contributed by atoms with E-state index in [9.17, 15) is 4.79 Å². The van der Waals surface area contributed by atoms with E-state index < -0.39 is 0 Å². The average molecular weight is 208 g/mol. The van der Waals surface area contributed by atoms with Crippen LogP contribution in [0.25, 0.3) is 0 Å². The van der Waals surface area contributed by atoms with Gasteiger partial charge in [-0.3, -0.25) is 4.79 Å². The van der Waals surface area contributed by atoms with E-state index in [1.54, 1.807) is 0 Å². The number of hydrogen-bond acceptors (Lipinski definition) is 2. The molecule has 1 rings (SSSR count). The van der Waals surface area contributed by atoms with Gasteiger partial charge in [0.1, 0.15) is 6.10 Å². The fraction of sp³-hybridized carbons (Fsp3) is 0.615. The van der Waals surface area contributed by atoms with Gasteiger partial charge in [0.2, 0.25) is 0 Å². The molecule has 0 heterocycles. The van der Waals surface area contributed by atoms with Crippen LogP contribution in [0.1, 0.15) is 45.4 Å². The summed E-state index contributed by atoms with van der Waals surface area (Å²) in [7, 11) is 0. The monoisotopic (exact) mass is 208 g/mol. The van der Waals surface area contributed by atoms with Gasteiger partial charge in [-0.05, 0) is 38.2 Å². The van der Waals surface area contributed by atoms with Crippen molar-refractivity contribution >= 4 is 5.97 Å². The van der Waals surface area contributed by atoms with Crippen molar-refractivity contribution in [3.8, 4) is 0 Å². The molecule has 0 aromatic carbocycles. The molecule has 0 aromatic rings. The van der Waals surface area contributed by atoms with Crippen LogP contribution in [0.3, 0.4) is 0 Å². The number of carbonyl (C=O) groups excluding carboxylic acids is 1. The molecule has 0 saturated heterocycles. The Morgan fingerprint density at radius 3 is 2.40 bits per heavy atom. The predicted molar refractivity (Wildman–Crippen MR) is 61.5 cm³/mol. The lowest BCUT2D eigenvalue weighted by atomic mass is 9.98. The summed E-state index contributed by atoms with van der Waals surface area (Å²) in [6.45, 7) is 9.39. The van der Waals surface area contributed by atoms with E-state index in [4.69, 9.17) is 4.74 Å². The molecule has 0 aromatic heterocycles. The molecule has 0 N–H and O–H groups in total. The summed E-state index contributed by atoms with van der Waals surface area (Å²) in [5, 5.41) is 0. The van der Waals surface area contributed by atoms with E-state index >= 15 is 0 Å². The van der Waals surface area contributed by atoms with Crippen LogP contribution < -0.4 is 0 Å². The third kappa shape index (κ3) is 4.32. The van der Waals surface area contributed by atoms with Crippen LogP contribution in [0.2, 0.25) is 0 Å². The lowest BCUT2D eigenvalue weighted by Crippen LogP contribution is -2.21. The van der Waals surface area contributed by atoms with Gasteiger partial charge in [-0.1, -0.05) is 25.2 Å². The highest BCUT2D eigenvalue weighted by Gasteiger charge is 2.17. The molecule has 1 aliphatic carbocycles. The smallest absolute Gasteiger partial charge is 0.310 e. The first-order chi connectivity index (χ1) is 7.09. The Hall–Kier alpha value is -1.05. The van der Waals surface area contributed by atoms with E-state index in [1.807, 2.05) is 6.92 Å². The molecule has 84 valence electrons. The van der Waals surface area contributed by atoms with Gasteiger partial charge in [0.15, 0.2) is 0 Å². The standard InChI is InChI=1S/C13H20O2/c1-10(2)11(3)9-13(14)15-12-7-5-4-6-8-12/h12H,1,3-9H2,2H3. The summed E-state index contributed by atoms with van der Waals surface area (Å²) in [4.78, 5) is 11.5. The number of allylic oxidation sites excluding steroid dienone is 1. The van der Waals surface area contributed by atoms with Crippen molar-refractivity contribution in [3.63, 3.8) is 0 Å². The minimum absolute atomic E-state index is 0.143. The van der Waals surface area contributed by atoms with E-state index in [0.29, 0.717) is 0 Å². The van der Waals surface area contributed by atoms with Gasteiger partial charge in [0.25, 0.3) is 0 Å². The molecule has 0 aliphatic heterocycles. The molecule has 1 saturated carbocycles. The quantitative estimate of drug-likeness (QED) is 0.523. The molecule has 2 nitrogen and oxygen atoms in total. The highest BCUT2D eigenvalue weighted by atomic mass is 16.5. The second kappa shape index (κ2) is 5.74. The van der Waals surface area contributed by atoms with Crippen molar-refractivity contribution in [3.05, 3.63) is 24.3 Å². The normalized spacial score (nSPS) is 17.1. The number of ether oxygens (including phenoxy) is 1.